The standard InChI is InChI=1S/C18H24F2N4O2/c1-4-15-13(16(5-2)26-24-15)11-23-18(21-3)22-8-9-25-17-7-6-12(19)10-14(17)20/h6-7,10H,4-5,8-9,11H2,1-3H3,(H2,21,22,23). The lowest BCUT2D eigenvalue weighted by molar-refractivity contribution is 0.304. The lowest BCUT2D eigenvalue weighted by atomic mass is 10.1. The van der Waals surface area contributed by atoms with Crippen molar-refractivity contribution in [2.24, 2.45) is 4.99 Å². The first kappa shape index (κ1) is 19.7. The van der Waals surface area contributed by atoms with Crippen LogP contribution >= 0.6 is 0 Å². The van der Waals surface area contributed by atoms with Gasteiger partial charge >= 0.3 is 0 Å². The molecule has 1 heterocycles. The van der Waals surface area contributed by atoms with Crippen LogP contribution in [0.1, 0.15) is 30.9 Å². The van der Waals surface area contributed by atoms with Gasteiger partial charge in [-0.25, -0.2) is 8.78 Å². The van der Waals surface area contributed by atoms with E-state index in [0.717, 1.165) is 42.0 Å². The lowest BCUT2D eigenvalue weighted by Gasteiger charge is -2.13. The van der Waals surface area contributed by atoms with E-state index in [1.165, 1.54) is 6.07 Å². The number of benzene rings is 1. The molecule has 2 aromatic rings. The zero-order valence-electron chi connectivity index (χ0n) is 15.2. The summed E-state index contributed by atoms with van der Waals surface area (Å²) in [6.45, 7) is 5.20. The Morgan fingerprint density at radius 1 is 1.23 bits per heavy atom. The van der Waals surface area contributed by atoms with Crippen molar-refractivity contribution in [1.82, 2.24) is 15.8 Å². The number of ether oxygens (including phenoxy) is 1. The van der Waals surface area contributed by atoms with Gasteiger partial charge in [-0.1, -0.05) is 19.0 Å². The van der Waals surface area contributed by atoms with Crippen molar-refractivity contribution in [3.05, 3.63) is 46.9 Å². The first-order valence-corrected chi connectivity index (χ1v) is 8.57. The quantitative estimate of drug-likeness (QED) is 0.427. The van der Waals surface area contributed by atoms with Crippen LogP contribution in [-0.4, -0.2) is 31.3 Å². The number of aromatic nitrogens is 1. The number of nitrogens with zero attached hydrogens (tertiary/aromatic N) is 2. The maximum Gasteiger partial charge on any atom is 0.191 e. The second-order valence-electron chi connectivity index (χ2n) is 5.51. The van der Waals surface area contributed by atoms with Gasteiger partial charge in [0.05, 0.1) is 12.2 Å². The van der Waals surface area contributed by atoms with Crippen LogP contribution < -0.4 is 15.4 Å². The normalized spacial score (nSPS) is 11.5. The van der Waals surface area contributed by atoms with Gasteiger partial charge in [-0.15, -0.1) is 0 Å². The Morgan fingerprint density at radius 3 is 2.69 bits per heavy atom. The molecule has 0 saturated carbocycles. The van der Waals surface area contributed by atoms with E-state index in [9.17, 15) is 8.78 Å². The van der Waals surface area contributed by atoms with Crippen molar-refractivity contribution in [3.63, 3.8) is 0 Å². The van der Waals surface area contributed by atoms with Crippen molar-refractivity contribution in [2.75, 3.05) is 20.2 Å². The predicted molar refractivity (Wildman–Crippen MR) is 95.3 cm³/mol. The van der Waals surface area contributed by atoms with Crippen LogP contribution in [0.3, 0.4) is 0 Å². The molecule has 6 nitrogen and oxygen atoms in total. The highest BCUT2D eigenvalue weighted by atomic mass is 19.1. The molecule has 1 aromatic heterocycles. The second-order valence-corrected chi connectivity index (χ2v) is 5.51. The second kappa shape index (κ2) is 9.74. The molecule has 2 rings (SSSR count). The molecule has 0 unspecified atom stereocenters. The van der Waals surface area contributed by atoms with Gasteiger partial charge in [-0.3, -0.25) is 4.99 Å². The van der Waals surface area contributed by atoms with Gasteiger partial charge in [0.1, 0.15) is 18.2 Å². The average Bonchev–Trinajstić information content (AvgIpc) is 3.04. The molecule has 0 aliphatic rings. The number of guanidine groups is 1. The van der Waals surface area contributed by atoms with Gasteiger partial charge in [0, 0.05) is 31.6 Å². The predicted octanol–water partition coefficient (Wildman–Crippen LogP) is 2.82. The smallest absolute Gasteiger partial charge is 0.191 e. The van der Waals surface area contributed by atoms with Gasteiger partial charge in [0.2, 0.25) is 0 Å². The van der Waals surface area contributed by atoms with Crippen molar-refractivity contribution in [1.29, 1.82) is 0 Å². The number of rotatable bonds is 8. The minimum atomic E-state index is -0.723. The zero-order chi connectivity index (χ0) is 18.9. The Kier molecular flexibility index (Phi) is 7.37. The summed E-state index contributed by atoms with van der Waals surface area (Å²) in [6.07, 6.45) is 1.57. The summed E-state index contributed by atoms with van der Waals surface area (Å²) < 4.78 is 37.0. The van der Waals surface area contributed by atoms with Crippen LogP contribution in [0.2, 0.25) is 0 Å². The molecule has 1 aromatic carbocycles. The van der Waals surface area contributed by atoms with Crippen molar-refractivity contribution in [3.8, 4) is 5.75 Å². The number of aryl methyl sites for hydroxylation is 2. The Labute approximate surface area is 151 Å². The molecule has 0 atom stereocenters. The lowest BCUT2D eigenvalue weighted by Crippen LogP contribution is -2.39. The monoisotopic (exact) mass is 366 g/mol. The molecule has 0 aliphatic carbocycles. The molecule has 8 heteroatoms. The van der Waals surface area contributed by atoms with Gasteiger partial charge in [0.25, 0.3) is 0 Å². The number of halogens is 2. The fourth-order valence-electron chi connectivity index (χ4n) is 2.45. The molecule has 0 radical (unpaired) electrons. The van der Waals surface area contributed by atoms with Gasteiger partial charge in [0.15, 0.2) is 17.5 Å². The van der Waals surface area contributed by atoms with Gasteiger partial charge in [-0.2, -0.15) is 0 Å². The largest absolute Gasteiger partial charge is 0.489 e. The van der Waals surface area contributed by atoms with Gasteiger partial charge < -0.3 is 19.9 Å². The van der Waals surface area contributed by atoms with Crippen LogP contribution in [-0.2, 0) is 19.4 Å². The third-order valence-corrected chi connectivity index (χ3v) is 3.81. The maximum atomic E-state index is 13.5. The Hall–Kier alpha value is -2.64. The first-order chi connectivity index (χ1) is 12.6. The summed E-state index contributed by atoms with van der Waals surface area (Å²) in [5.41, 5.74) is 1.97. The average molecular weight is 366 g/mol. The van der Waals surface area contributed by atoms with E-state index < -0.39 is 11.6 Å². The topological polar surface area (TPSA) is 71.7 Å². The molecule has 0 fully saturated rings. The third kappa shape index (κ3) is 5.18. The third-order valence-electron chi connectivity index (χ3n) is 3.81. The highest BCUT2D eigenvalue weighted by Crippen LogP contribution is 2.17. The van der Waals surface area contributed by atoms with Crippen LogP contribution in [0.4, 0.5) is 8.78 Å². The SMILES string of the molecule is CCc1noc(CC)c1CNC(=NC)NCCOc1ccc(F)cc1F. The highest BCUT2D eigenvalue weighted by Gasteiger charge is 2.13. The maximum absolute atomic E-state index is 13.5. The fraction of sp³-hybridized carbons (Fsp3) is 0.444. The number of aliphatic imine (C=N–C) groups is 1. The van der Waals surface area contributed by atoms with Crippen LogP contribution in [0.5, 0.6) is 5.75 Å². The number of hydrogen-bond acceptors (Lipinski definition) is 4. The van der Waals surface area contributed by atoms with E-state index in [0.29, 0.717) is 19.0 Å². The summed E-state index contributed by atoms with van der Waals surface area (Å²) in [7, 11) is 1.66. The van der Waals surface area contributed by atoms with E-state index in [1.54, 1.807) is 7.05 Å². The van der Waals surface area contributed by atoms with E-state index in [1.807, 2.05) is 13.8 Å². The molecule has 26 heavy (non-hydrogen) atoms. The molecule has 0 amide bonds. The van der Waals surface area contributed by atoms with E-state index in [4.69, 9.17) is 9.26 Å². The number of nitrogens with one attached hydrogen (secondary N) is 2. The first-order valence-electron chi connectivity index (χ1n) is 8.57. The van der Waals surface area contributed by atoms with E-state index >= 15 is 0 Å². The molecule has 2 N–H and O–H groups in total. The van der Waals surface area contributed by atoms with E-state index in [2.05, 4.69) is 20.8 Å². The van der Waals surface area contributed by atoms with Crippen LogP contribution in [0.15, 0.2) is 27.7 Å². The summed E-state index contributed by atoms with van der Waals surface area (Å²) in [6, 6.07) is 3.21. The Morgan fingerprint density at radius 2 is 2.04 bits per heavy atom. The van der Waals surface area contributed by atoms with Crippen LogP contribution in [0.25, 0.3) is 0 Å². The summed E-state index contributed by atoms with van der Waals surface area (Å²) >= 11 is 0. The van der Waals surface area contributed by atoms with Crippen molar-refractivity contribution in [2.45, 2.75) is 33.2 Å². The minimum Gasteiger partial charge on any atom is -0.489 e. The zero-order valence-corrected chi connectivity index (χ0v) is 15.2. The molecule has 0 spiro atoms. The minimum absolute atomic E-state index is 0.0146. The van der Waals surface area contributed by atoms with Crippen molar-refractivity contribution >= 4 is 5.96 Å². The fourth-order valence-corrected chi connectivity index (χ4v) is 2.45. The molecule has 142 valence electrons. The molecule has 0 saturated heterocycles. The molecule has 0 bridgehead atoms. The summed E-state index contributed by atoms with van der Waals surface area (Å²) in [4.78, 5) is 4.14. The number of hydrogen-bond donors (Lipinski definition) is 2. The summed E-state index contributed by atoms with van der Waals surface area (Å²) in [5, 5.41) is 10.3. The Bertz CT molecular complexity index is 725. The van der Waals surface area contributed by atoms with Gasteiger partial charge in [-0.05, 0) is 18.6 Å². The Balaban J connectivity index is 1.80. The highest BCUT2D eigenvalue weighted by molar-refractivity contribution is 5.79. The van der Waals surface area contributed by atoms with Crippen LogP contribution in [0, 0.1) is 11.6 Å². The molecular formula is C18H24F2N4O2. The molecule has 0 aliphatic heterocycles. The van der Waals surface area contributed by atoms with Crippen molar-refractivity contribution < 1.29 is 18.0 Å². The van der Waals surface area contributed by atoms with E-state index in [-0.39, 0.29) is 12.4 Å². The molecular weight excluding hydrogens is 342 g/mol. The summed E-state index contributed by atoms with van der Waals surface area (Å²) in [5.74, 6) is 0.0996.